The summed E-state index contributed by atoms with van der Waals surface area (Å²) >= 11 is 16.1. The van der Waals surface area contributed by atoms with Gasteiger partial charge in [-0.05, 0) is 17.7 Å². The van der Waals surface area contributed by atoms with Crippen LogP contribution in [0.4, 0.5) is 0 Å². The third-order valence-electron chi connectivity index (χ3n) is 2.30. The summed E-state index contributed by atoms with van der Waals surface area (Å²) in [6.45, 7) is 0.113. The first-order valence-electron chi connectivity index (χ1n) is 5.33. The van der Waals surface area contributed by atoms with Crippen molar-refractivity contribution in [2.75, 3.05) is 20.8 Å². The molecule has 0 fully saturated rings. The number of benzene rings is 1. The molecule has 0 aliphatic rings. The Balaban J connectivity index is 2.57. The van der Waals surface area contributed by atoms with Gasteiger partial charge in [0.15, 0.2) is 11.5 Å². The Morgan fingerprint density at radius 3 is 2.32 bits per heavy atom. The van der Waals surface area contributed by atoms with E-state index in [0.29, 0.717) is 17.9 Å². The van der Waals surface area contributed by atoms with Gasteiger partial charge in [-0.2, -0.15) is 0 Å². The Morgan fingerprint density at radius 2 is 1.79 bits per heavy atom. The van der Waals surface area contributed by atoms with Crippen LogP contribution < -0.4 is 9.47 Å². The van der Waals surface area contributed by atoms with E-state index in [0.717, 1.165) is 5.56 Å². The second-order valence-electron chi connectivity index (χ2n) is 3.57. The summed E-state index contributed by atoms with van der Waals surface area (Å²) in [5.74, 6) is 0.343. The second kappa shape index (κ2) is 7.08. The van der Waals surface area contributed by atoms with Crippen LogP contribution in [0, 0.1) is 0 Å². The number of methoxy groups -OCH3 is 2. The molecule has 1 rings (SSSR count). The molecular weight excluding hydrogens is 314 g/mol. The van der Waals surface area contributed by atoms with Crippen molar-refractivity contribution >= 4 is 40.8 Å². The van der Waals surface area contributed by atoms with Crippen LogP contribution in [0.5, 0.6) is 11.5 Å². The SMILES string of the molecule is COc1ccc(CCOC(=O)C(Cl)(Cl)Cl)cc1OC. The normalized spacial score (nSPS) is 11.0. The standard InChI is InChI=1S/C12H13Cl3O4/c1-17-9-4-3-8(7-10(9)18-2)5-6-19-11(16)12(13,14)15/h3-4,7H,5-6H2,1-2H3. The first-order valence-corrected chi connectivity index (χ1v) is 6.46. The Labute approximate surface area is 126 Å². The van der Waals surface area contributed by atoms with Crippen LogP contribution in [0.1, 0.15) is 5.56 Å². The number of esters is 1. The van der Waals surface area contributed by atoms with Crippen molar-refractivity contribution in [3.8, 4) is 11.5 Å². The van der Waals surface area contributed by atoms with E-state index in [1.807, 2.05) is 6.07 Å². The highest BCUT2D eigenvalue weighted by Crippen LogP contribution is 2.29. The fourth-order valence-electron chi connectivity index (χ4n) is 1.38. The van der Waals surface area contributed by atoms with Crippen molar-refractivity contribution in [1.29, 1.82) is 0 Å². The molecule has 0 aliphatic heterocycles. The van der Waals surface area contributed by atoms with Gasteiger partial charge in [0.05, 0.1) is 20.8 Å². The molecule has 0 N–H and O–H groups in total. The van der Waals surface area contributed by atoms with Crippen LogP contribution in [0.15, 0.2) is 18.2 Å². The average Bonchev–Trinajstić information content (AvgIpc) is 2.37. The highest BCUT2D eigenvalue weighted by Gasteiger charge is 2.32. The summed E-state index contributed by atoms with van der Waals surface area (Å²) in [7, 11) is 3.10. The molecule has 0 aliphatic carbocycles. The maximum absolute atomic E-state index is 11.2. The molecule has 0 radical (unpaired) electrons. The summed E-state index contributed by atoms with van der Waals surface area (Å²) < 4.78 is 13.1. The molecule has 7 heteroatoms. The van der Waals surface area contributed by atoms with Crippen LogP contribution in [-0.4, -0.2) is 30.6 Å². The largest absolute Gasteiger partial charge is 0.493 e. The molecule has 0 amide bonds. The lowest BCUT2D eigenvalue weighted by Gasteiger charge is -2.12. The zero-order chi connectivity index (χ0) is 14.5. The average molecular weight is 328 g/mol. The van der Waals surface area contributed by atoms with E-state index < -0.39 is 9.76 Å². The van der Waals surface area contributed by atoms with Crippen molar-refractivity contribution in [1.82, 2.24) is 0 Å². The lowest BCUT2D eigenvalue weighted by Crippen LogP contribution is -2.22. The summed E-state index contributed by atoms with van der Waals surface area (Å²) in [5.41, 5.74) is 0.912. The highest BCUT2D eigenvalue weighted by atomic mass is 35.6. The first-order chi connectivity index (χ1) is 8.88. The summed E-state index contributed by atoms with van der Waals surface area (Å²) in [4.78, 5) is 11.2. The fourth-order valence-corrected chi connectivity index (χ4v) is 1.54. The summed E-state index contributed by atoms with van der Waals surface area (Å²) in [6.07, 6.45) is 0.479. The Kier molecular flexibility index (Phi) is 6.04. The monoisotopic (exact) mass is 326 g/mol. The highest BCUT2D eigenvalue weighted by molar-refractivity contribution is 6.75. The van der Waals surface area contributed by atoms with Crippen molar-refractivity contribution in [2.24, 2.45) is 0 Å². The van der Waals surface area contributed by atoms with Gasteiger partial charge < -0.3 is 14.2 Å². The van der Waals surface area contributed by atoms with Gasteiger partial charge in [0.2, 0.25) is 0 Å². The van der Waals surface area contributed by atoms with Crippen LogP contribution in [0.3, 0.4) is 0 Å². The van der Waals surface area contributed by atoms with E-state index in [1.54, 1.807) is 26.4 Å². The van der Waals surface area contributed by atoms with Crippen LogP contribution in [0.25, 0.3) is 0 Å². The number of hydrogen-bond donors (Lipinski definition) is 0. The molecule has 106 valence electrons. The molecule has 0 unspecified atom stereocenters. The molecule has 4 nitrogen and oxygen atoms in total. The van der Waals surface area contributed by atoms with E-state index in [-0.39, 0.29) is 6.61 Å². The molecular formula is C12H13Cl3O4. The van der Waals surface area contributed by atoms with Crippen molar-refractivity contribution in [2.45, 2.75) is 10.2 Å². The van der Waals surface area contributed by atoms with E-state index in [9.17, 15) is 4.79 Å². The zero-order valence-electron chi connectivity index (χ0n) is 10.4. The summed E-state index contributed by atoms with van der Waals surface area (Å²) in [5, 5.41) is 0. The number of rotatable bonds is 5. The van der Waals surface area contributed by atoms with E-state index >= 15 is 0 Å². The number of ether oxygens (including phenoxy) is 3. The number of alkyl halides is 3. The number of halogens is 3. The maximum atomic E-state index is 11.2. The predicted molar refractivity (Wildman–Crippen MR) is 74.5 cm³/mol. The minimum absolute atomic E-state index is 0.113. The molecule has 0 aromatic heterocycles. The Bertz CT molecular complexity index is 443. The molecule has 19 heavy (non-hydrogen) atoms. The third-order valence-corrected chi connectivity index (χ3v) is 2.77. The zero-order valence-corrected chi connectivity index (χ0v) is 12.7. The van der Waals surface area contributed by atoms with Crippen molar-refractivity contribution in [3.05, 3.63) is 23.8 Å². The maximum Gasteiger partial charge on any atom is 0.358 e. The van der Waals surface area contributed by atoms with Crippen molar-refractivity contribution < 1.29 is 19.0 Å². The van der Waals surface area contributed by atoms with Gasteiger partial charge in [0.1, 0.15) is 0 Å². The first kappa shape index (κ1) is 16.2. The molecule has 0 bridgehead atoms. The second-order valence-corrected chi connectivity index (χ2v) is 5.85. The van der Waals surface area contributed by atoms with E-state index in [1.165, 1.54) is 0 Å². The van der Waals surface area contributed by atoms with Crippen molar-refractivity contribution in [3.63, 3.8) is 0 Å². The Morgan fingerprint density at radius 1 is 1.16 bits per heavy atom. The van der Waals surface area contributed by atoms with Crippen LogP contribution in [0.2, 0.25) is 0 Å². The minimum atomic E-state index is -2.04. The van der Waals surface area contributed by atoms with Gasteiger partial charge in [0, 0.05) is 6.42 Å². The number of carbonyl (C=O) groups excluding carboxylic acids is 1. The number of carbonyl (C=O) groups is 1. The summed E-state index contributed by atoms with van der Waals surface area (Å²) in [6, 6.07) is 5.40. The predicted octanol–water partition coefficient (Wildman–Crippen LogP) is 3.16. The minimum Gasteiger partial charge on any atom is -0.493 e. The Hall–Kier alpha value is -0.840. The third kappa shape index (κ3) is 4.97. The molecule has 0 heterocycles. The van der Waals surface area contributed by atoms with E-state index in [4.69, 9.17) is 49.0 Å². The molecule has 0 spiro atoms. The van der Waals surface area contributed by atoms with Gasteiger partial charge in [-0.15, -0.1) is 0 Å². The van der Waals surface area contributed by atoms with Gasteiger partial charge in [-0.3, -0.25) is 0 Å². The quantitative estimate of drug-likeness (QED) is 0.615. The molecule has 0 saturated heterocycles. The lowest BCUT2D eigenvalue weighted by atomic mass is 10.1. The smallest absolute Gasteiger partial charge is 0.358 e. The molecule has 0 saturated carbocycles. The lowest BCUT2D eigenvalue weighted by molar-refractivity contribution is -0.142. The van der Waals surface area contributed by atoms with Crippen LogP contribution >= 0.6 is 34.8 Å². The topological polar surface area (TPSA) is 44.8 Å². The van der Waals surface area contributed by atoms with Gasteiger partial charge >= 0.3 is 5.97 Å². The van der Waals surface area contributed by atoms with Gasteiger partial charge in [-0.25, -0.2) is 4.79 Å². The fraction of sp³-hybridized carbons (Fsp3) is 0.417. The van der Waals surface area contributed by atoms with Gasteiger partial charge in [0.25, 0.3) is 3.79 Å². The van der Waals surface area contributed by atoms with Gasteiger partial charge in [-0.1, -0.05) is 40.9 Å². The number of hydrogen-bond acceptors (Lipinski definition) is 4. The molecule has 1 aromatic carbocycles. The van der Waals surface area contributed by atoms with E-state index in [2.05, 4.69) is 0 Å². The molecule has 1 aromatic rings. The van der Waals surface area contributed by atoms with Crippen LogP contribution in [-0.2, 0) is 16.0 Å². The molecule has 0 atom stereocenters.